The number of aromatic nitrogens is 4. The van der Waals surface area contributed by atoms with Gasteiger partial charge >= 0.3 is 0 Å². The fourth-order valence-electron chi connectivity index (χ4n) is 10.2. The summed E-state index contributed by atoms with van der Waals surface area (Å²) in [7, 11) is 0. The van der Waals surface area contributed by atoms with Gasteiger partial charge in [-0.3, -0.25) is 0 Å². The van der Waals surface area contributed by atoms with E-state index >= 15 is 0 Å². The molecule has 282 valence electrons. The van der Waals surface area contributed by atoms with E-state index in [1.54, 1.807) is 11.3 Å². The van der Waals surface area contributed by atoms with Gasteiger partial charge in [0.1, 0.15) is 0 Å². The highest BCUT2D eigenvalue weighted by Gasteiger charge is 2.25. The van der Waals surface area contributed by atoms with Gasteiger partial charge in [-0.25, -0.2) is 9.97 Å². The highest BCUT2D eigenvalue weighted by molar-refractivity contribution is 7.26. The van der Waals surface area contributed by atoms with Crippen LogP contribution in [0.25, 0.3) is 130 Å². The van der Waals surface area contributed by atoms with Crippen LogP contribution in [0.5, 0.6) is 0 Å². The Hall–Kier alpha value is -7.86. The Morgan fingerprint density at radius 3 is 1.85 bits per heavy atom. The maximum absolute atomic E-state index is 5.37. The molecule has 9 aromatic carbocycles. The van der Waals surface area contributed by atoms with Crippen molar-refractivity contribution in [3.8, 4) is 39.5 Å². The number of para-hydroxylation sites is 2. The second kappa shape index (κ2) is 12.3. The monoisotopic (exact) mass is 792 g/mol. The third kappa shape index (κ3) is 4.58. The largest absolute Gasteiger partial charge is 0.309 e. The maximum atomic E-state index is 5.37. The van der Waals surface area contributed by atoms with Gasteiger partial charge in [-0.05, 0) is 76.5 Å². The van der Waals surface area contributed by atoms with Gasteiger partial charge in [0.2, 0.25) is 0 Å². The van der Waals surface area contributed by atoms with E-state index in [0.29, 0.717) is 0 Å². The van der Waals surface area contributed by atoms with E-state index < -0.39 is 0 Å². The van der Waals surface area contributed by atoms with Crippen LogP contribution in [0.2, 0.25) is 0 Å². The molecule has 14 aromatic rings. The molecule has 0 saturated carbocycles. The predicted molar refractivity (Wildman–Crippen MR) is 258 cm³/mol. The van der Waals surface area contributed by atoms with Crippen LogP contribution in [0.1, 0.15) is 0 Å². The van der Waals surface area contributed by atoms with Crippen molar-refractivity contribution in [2.24, 2.45) is 0 Å². The van der Waals surface area contributed by atoms with Crippen LogP contribution in [0.15, 0.2) is 194 Å². The van der Waals surface area contributed by atoms with Gasteiger partial charge in [0.15, 0.2) is 5.82 Å². The number of nitrogens with zero attached hydrogens (tertiary/aromatic N) is 4. The molecule has 5 aromatic heterocycles. The first-order chi connectivity index (χ1) is 30.3. The number of fused-ring (bicyclic) bond motifs is 15. The lowest BCUT2D eigenvalue weighted by Crippen LogP contribution is -1.96. The second-order valence-electron chi connectivity index (χ2n) is 16.1. The predicted octanol–water partition coefficient (Wildman–Crippen LogP) is 15.2. The van der Waals surface area contributed by atoms with Crippen LogP contribution in [0, 0.1) is 0 Å². The Morgan fingerprint density at radius 1 is 0.393 bits per heavy atom. The van der Waals surface area contributed by atoms with E-state index in [9.17, 15) is 0 Å². The molecule has 0 bridgehead atoms. The summed E-state index contributed by atoms with van der Waals surface area (Å²) in [5, 5.41) is 11.3. The lowest BCUT2D eigenvalue weighted by atomic mass is 10.0. The average Bonchev–Trinajstić information content (AvgIpc) is 4.07. The van der Waals surface area contributed by atoms with E-state index in [1.807, 2.05) is 0 Å². The zero-order valence-corrected chi connectivity index (χ0v) is 33.5. The van der Waals surface area contributed by atoms with E-state index in [4.69, 9.17) is 9.97 Å². The minimum atomic E-state index is 0.719. The molecule has 0 fully saturated rings. The molecule has 0 aliphatic rings. The Bertz CT molecular complexity index is 4080. The van der Waals surface area contributed by atoms with Crippen LogP contribution >= 0.6 is 11.3 Å². The average molecular weight is 793 g/mol. The van der Waals surface area contributed by atoms with Crippen molar-refractivity contribution in [2.75, 3.05) is 0 Å². The van der Waals surface area contributed by atoms with Gasteiger partial charge in [0.05, 0.1) is 43.5 Å². The summed E-state index contributed by atoms with van der Waals surface area (Å²) in [6.07, 6.45) is 0. The number of hydrogen-bond acceptors (Lipinski definition) is 3. The summed E-state index contributed by atoms with van der Waals surface area (Å²) in [6, 6.07) is 70.4. The summed E-state index contributed by atoms with van der Waals surface area (Å²) in [4.78, 5) is 10.7. The molecule has 0 spiro atoms. The lowest BCUT2D eigenvalue weighted by Gasteiger charge is -2.11. The minimum Gasteiger partial charge on any atom is -0.309 e. The summed E-state index contributed by atoms with van der Waals surface area (Å²) in [5.74, 6) is 0.719. The number of benzene rings is 9. The summed E-state index contributed by atoms with van der Waals surface area (Å²) in [5.41, 5.74) is 13.6. The van der Waals surface area contributed by atoms with E-state index in [0.717, 1.165) is 43.9 Å². The maximum Gasteiger partial charge on any atom is 0.160 e. The molecule has 0 aliphatic heterocycles. The van der Waals surface area contributed by atoms with Crippen LogP contribution in [-0.4, -0.2) is 18.9 Å². The first kappa shape index (κ1) is 33.0. The van der Waals surface area contributed by atoms with Crippen molar-refractivity contribution in [2.45, 2.75) is 0 Å². The van der Waals surface area contributed by atoms with E-state index in [2.05, 4.69) is 203 Å². The third-order valence-corrected chi connectivity index (χ3v) is 14.0. The van der Waals surface area contributed by atoms with Gasteiger partial charge in [-0.2, -0.15) is 0 Å². The molecule has 0 unspecified atom stereocenters. The fourth-order valence-corrected chi connectivity index (χ4v) is 11.3. The SMILES string of the molecule is c1ccc(-c2ccc(-c3nc(-c4ccc(-n5c6ccc7ccccc7c6c6cc7c8ccccc8n8c9ccccc9c(c65)c78)cc4)nc4c3sc3ccccc34)cc2)cc1. The molecular weight excluding hydrogens is 761 g/mol. The van der Waals surface area contributed by atoms with Crippen molar-refractivity contribution in [1.29, 1.82) is 0 Å². The van der Waals surface area contributed by atoms with Gasteiger partial charge in [0, 0.05) is 59.2 Å². The van der Waals surface area contributed by atoms with Crippen molar-refractivity contribution in [3.05, 3.63) is 194 Å². The molecule has 61 heavy (non-hydrogen) atoms. The number of rotatable bonds is 4. The zero-order valence-electron chi connectivity index (χ0n) is 32.7. The lowest BCUT2D eigenvalue weighted by molar-refractivity contribution is 1.18. The summed E-state index contributed by atoms with van der Waals surface area (Å²) < 4.78 is 7.29. The van der Waals surface area contributed by atoms with Crippen molar-refractivity contribution >= 4 is 102 Å². The molecule has 5 heterocycles. The quantitative estimate of drug-likeness (QED) is 0.178. The molecule has 0 aliphatic carbocycles. The van der Waals surface area contributed by atoms with Crippen molar-refractivity contribution < 1.29 is 0 Å². The Morgan fingerprint density at radius 2 is 1.03 bits per heavy atom. The number of thiophene rings is 1. The second-order valence-corrected chi connectivity index (χ2v) is 17.1. The van der Waals surface area contributed by atoms with Crippen molar-refractivity contribution in [1.82, 2.24) is 18.9 Å². The number of hydrogen-bond donors (Lipinski definition) is 0. The molecule has 0 amide bonds. The molecule has 0 atom stereocenters. The van der Waals surface area contributed by atoms with Crippen LogP contribution in [0.4, 0.5) is 0 Å². The Kier molecular flexibility index (Phi) is 6.68. The van der Waals surface area contributed by atoms with Gasteiger partial charge < -0.3 is 8.97 Å². The molecule has 0 N–H and O–H groups in total. The molecule has 4 nitrogen and oxygen atoms in total. The molecule has 0 radical (unpaired) electrons. The van der Waals surface area contributed by atoms with Crippen LogP contribution < -0.4 is 0 Å². The molecule has 5 heteroatoms. The van der Waals surface area contributed by atoms with Gasteiger partial charge in [-0.15, -0.1) is 11.3 Å². The summed E-state index contributed by atoms with van der Waals surface area (Å²) >= 11 is 1.77. The summed E-state index contributed by atoms with van der Waals surface area (Å²) in [6.45, 7) is 0. The standard InChI is InChI=1S/C56H32N4S/c1-2-12-33(13-3-1)34-22-24-36(25-23-34)51-55-52(42-18-8-11-21-48(42)61-55)58-56(57-51)37-26-29-38(30-27-37)59-47-31-28-35-14-4-5-15-39(35)49(47)44-32-43-40-16-6-9-19-45(40)60-46-20-10-7-17-41(46)50(53(43)60)54(44)59/h1-32H. The first-order valence-corrected chi connectivity index (χ1v) is 21.6. The molecule has 0 saturated heterocycles. The van der Waals surface area contributed by atoms with Gasteiger partial charge in [0.25, 0.3) is 0 Å². The van der Waals surface area contributed by atoms with E-state index in [-0.39, 0.29) is 0 Å². The zero-order chi connectivity index (χ0) is 39.8. The fraction of sp³-hybridized carbons (Fsp3) is 0. The highest BCUT2D eigenvalue weighted by atomic mass is 32.1. The minimum absolute atomic E-state index is 0.719. The highest BCUT2D eigenvalue weighted by Crippen LogP contribution is 2.48. The van der Waals surface area contributed by atoms with Crippen LogP contribution in [0.3, 0.4) is 0 Å². The smallest absolute Gasteiger partial charge is 0.160 e. The van der Waals surface area contributed by atoms with E-state index in [1.165, 1.54) is 86.5 Å². The molecular formula is C56H32N4S. The Labute approximate surface area is 353 Å². The van der Waals surface area contributed by atoms with Crippen molar-refractivity contribution in [3.63, 3.8) is 0 Å². The van der Waals surface area contributed by atoms with Gasteiger partial charge in [-0.1, -0.05) is 140 Å². The third-order valence-electron chi connectivity index (χ3n) is 12.9. The normalized spacial score (nSPS) is 12.3. The molecule has 14 rings (SSSR count). The van der Waals surface area contributed by atoms with Crippen LogP contribution in [-0.2, 0) is 0 Å². The first-order valence-electron chi connectivity index (χ1n) is 20.7. The Balaban J connectivity index is 1.01. The topological polar surface area (TPSA) is 35.1 Å².